The average Bonchev–Trinajstić information content (AvgIpc) is 2.52. The molecule has 1 aliphatic rings. The molecule has 6 nitrogen and oxygen atoms in total. The summed E-state index contributed by atoms with van der Waals surface area (Å²) in [6.45, 7) is 2.93. The van der Waals surface area contributed by atoms with Gasteiger partial charge in [-0.1, -0.05) is 19.1 Å². The van der Waals surface area contributed by atoms with Crippen LogP contribution in [0.15, 0.2) is 24.3 Å². The lowest BCUT2D eigenvalue weighted by molar-refractivity contribution is -0.143. The minimum Gasteiger partial charge on any atom is -0.478 e. The Bertz CT molecular complexity index is 568. The molecule has 0 aliphatic carbocycles. The first kappa shape index (κ1) is 16.0. The van der Waals surface area contributed by atoms with Gasteiger partial charge >= 0.3 is 5.97 Å². The molecule has 1 atom stereocenters. The number of carboxylic acid groups (broad SMARTS) is 1. The zero-order chi connectivity index (χ0) is 16.1. The van der Waals surface area contributed by atoms with E-state index in [2.05, 4.69) is 5.32 Å². The number of aromatic carboxylic acids is 1. The van der Waals surface area contributed by atoms with E-state index in [1.807, 2.05) is 6.92 Å². The lowest BCUT2D eigenvalue weighted by atomic mass is 10.0. The SMILES string of the molecule is CC[C@@H]1C(=O)NCCN1C(=O)CCc1ccc(C(=O)O)cc1. The molecule has 22 heavy (non-hydrogen) atoms. The topological polar surface area (TPSA) is 86.7 Å². The standard InChI is InChI=1S/C16H20N2O4/c1-2-13-15(20)17-9-10-18(13)14(19)8-5-11-3-6-12(7-4-11)16(21)22/h3-4,6-7,13H,2,5,8-10H2,1H3,(H,17,20)(H,21,22)/t13-/m1/s1. The molecule has 2 rings (SSSR count). The average molecular weight is 304 g/mol. The second kappa shape index (κ2) is 7.06. The molecule has 1 aliphatic heterocycles. The lowest BCUT2D eigenvalue weighted by Crippen LogP contribution is -2.56. The summed E-state index contributed by atoms with van der Waals surface area (Å²) in [5.74, 6) is -1.09. The number of carbonyl (C=O) groups excluding carboxylic acids is 2. The predicted molar refractivity (Wildman–Crippen MR) is 80.5 cm³/mol. The molecule has 0 saturated carbocycles. The van der Waals surface area contributed by atoms with Crippen molar-refractivity contribution in [2.45, 2.75) is 32.2 Å². The van der Waals surface area contributed by atoms with Gasteiger partial charge in [0.15, 0.2) is 0 Å². The number of nitrogens with zero attached hydrogens (tertiary/aromatic N) is 1. The maximum Gasteiger partial charge on any atom is 0.335 e. The van der Waals surface area contributed by atoms with Gasteiger partial charge in [-0.3, -0.25) is 9.59 Å². The molecular weight excluding hydrogens is 284 g/mol. The molecule has 1 heterocycles. The lowest BCUT2D eigenvalue weighted by Gasteiger charge is -2.34. The van der Waals surface area contributed by atoms with E-state index in [-0.39, 0.29) is 23.4 Å². The van der Waals surface area contributed by atoms with E-state index < -0.39 is 5.97 Å². The van der Waals surface area contributed by atoms with Crippen LogP contribution in [0.25, 0.3) is 0 Å². The van der Waals surface area contributed by atoms with Crippen molar-refractivity contribution < 1.29 is 19.5 Å². The number of nitrogens with one attached hydrogen (secondary N) is 1. The number of rotatable bonds is 5. The van der Waals surface area contributed by atoms with Crippen LogP contribution >= 0.6 is 0 Å². The van der Waals surface area contributed by atoms with Gasteiger partial charge in [0.05, 0.1) is 5.56 Å². The first-order valence-electron chi connectivity index (χ1n) is 7.42. The van der Waals surface area contributed by atoms with Crippen LogP contribution in [0.4, 0.5) is 0 Å². The van der Waals surface area contributed by atoms with Gasteiger partial charge < -0.3 is 15.3 Å². The van der Waals surface area contributed by atoms with Gasteiger partial charge in [0, 0.05) is 19.5 Å². The third kappa shape index (κ3) is 3.63. The number of piperazine rings is 1. The van der Waals surface area contributed by atoms with E-state index in [1.54, 1.807) is 17.0 Å². The van der Waals surface area contributed by atoms with Crippen LogP contribution in [0.2, 0.25) is 0 Å². The Balaban J connectivity index is 1.94. The van der Waals surface area contributed by atoms with Crippen molar-refractivity contribution in [1.29, 1.82) is 0 Å². The van der Waals surface area contributed by atoms with Crippen LogP contribution < -0.4 is 5.32 Å². The Labute approximate surface area is 129 Å². The van der Waals surface area contributed by atoms with E-state index in [0.717, 1.165) is 5.56 Å². The van der Waals surface area contributed by atoms with E-state index in [0.29, 0.717) is 32.4 Å². The van der Waals surface area contributed by atoms with Crippen LogP contribution in [0.1, 0.15) is 35.7 Å². The third-order valence-electron chi connectivity index (χ3n) is 3.87. The predicted octanol–water partition coefficient (Wildman–Crippen LogP) is 1.05. The monoisotopic (exact) mass is 304 g/mol. The molecule has 2 amide bonds. The highest BCUT2D eigenvalue weighted by atomic mass is 16.4. The summed E-state index contributed by atoms with van der Waals surface area (Å²) in [4.78, 5) is 36.5. The maximum absolute atomic E-state index is 12.3. The minimum absolute atomic E-state index is 0.0380. The first-order valence-corrected chi connectivity index (χ1v) is 7.42. The molecule has 1 aromatic carbocycles. The van der Waals surface area contributed by atoms with E-state index in [4.69, 9.17) is 5.11 Å². The van der Waals surface area contributed by atoms with E-state index >= 15 is 0 Å². The molecule has 1 aromatic rings. The molecule has 1 fully saturated rings. The van der Waals surface area contributed by atoms with Crippen LogP contribution in [-0.2, 0) is 16.0 Å². The number of benzene rings is 1. The normalized spacial score (nSPS) is 18.0. The van der Waals surface area contributed by atoms with Crippen molar-refractivity contribution in [3.63, 3.8) is 0 Å². The summed E-state index contributed by atoms with van der Waals surface area (Å²) < 4.78 is 0. The minimum atomic E-state index is -0.965. The Morgan fingerprint density at radius 3 is 2.59 bits per heavy atom. The van der Waals surface area contributed by atoms with E-state index in [9.17, 15) is 14.4 Å². The van der Waals surface area contributed by atoms with Crippen molar-refractivity contribution >= 4 is 17.8 Å². The highest BCUT2D eigenvalue weighted by molar-refractivity contribution is 5.89. The third-order valence-corrected chi connectivity index (χ3v) is 3.87. The fraction of sp³-hybridized carbons (Fsp3) is 0.438. The molecule has 2 N–H and O–H groups in total. The van der Waals surface area contributed by atoms with Crippen LogP contribution in [0.5, 0.6) is 0 Å². The Kier molecular flexibility index (Phi) is 5.14. The highest BCUT2D eigenvalue weighted by Crippen LogP contribution is 2.13. The zero-order valence-corrected chi connectivity index (χ0v) is 12.5. The molecule has 118 valence electrons. The smallest absolute Gasteiger partial charge is 0.335 e. The molecule has 0 unspecified atom stereocenters. The van der Waals surface area contributed by atoms with Crippen molar-refractivity contribution in [2.75, 3.05) is 13.1 Å². The highest BCUT2D eigenvalue weighted by Gasteiger charge is 2.30. The van der Waals surface area contributed by atoms with Gasteiger partial charge in [0.2, 0.25) is 11.8 Å². The second-order valence-electron chi connectivity index (χ2n) is 5.30. The summed E-state index contributed by atoms with van der Waals surface area (Å²) in [7, 11) is 0. The van der Waals surface area contributed by atoms with Crippen LogP contribution in [0, 0.1) is 0 Å². The Morgan fingerprint density at radius 2 is 2.00 bits per heavy atom. The van der Waals surface area contributed by atoms with Crippen LogP contribution in [-0.4, -0.2) is 46.9 Å². The fourth-order valence-electron chi connectivity index (χ4n) is 2.63. The van der Waals surface area contributed by atoms with Gasteiger partial charge in [0.1, 0.15) is 6.04 Å². The number of carboxylic acids is 1. The molecule has 0 aromatic heterocycles. The maximum atomic E-state index is 12.3. The van der Waals surface area contributed by atoms with Crippen molar-refractivity contribution in [3.05, 3.63) is 35.4 Å². The van der Waals surface area contributed by atoms with Gasteiger partial charge in [-0.2, -0.15) is 0 Å². The van der Waals surface area contributed by atoms with Gasteiger partial charge in [-0.15, -0.1) is 0 Å². The zero-order valence-electron chi connectivity index (χ0n) is 12.5. The molecule has 1 saturated heterocycles. The molecule has 6 heteroatoms. The van der Waals surface area contributed by atoms with Crippen molar-refractivity contribution in [1.82, 2.24) is 10.2 Å². The Hall–Kier alpha value is -2.37. The summed E-state index contributed by atoms with van der Waals surface area (Å²) in [5, 5.41) is 11.6. The van der Waals surface area contributed by atoms with E-state index in [1.165, 1.54) is 12.1 Å². The number of hydrogen-bond donors (Lipinski definition) is 2. The summed E-state index contributed by atoms with van der Waals surface area (Å²) in [6.07, 6.45) is 1.45. The summed E-state index contributed by atoms with van der Waals surface area (Å²) >= 11 is 0. The molecule has 0 spiro atoms. The number of amides is 2. The van der Waals surface area contributed by atoms with Gasteiger partial charge in [0.25, 0.3) is 0 Å². The summed E-state index contributed by atoms with van der Waals surface area (Å²) in [5.41, 5.74) is 1.14. The Morgan fingerprint density at radius 1 is 1.32 bits per heavy atom. The number of carbonyl (C=O) groups is 3. The molecular formula is C16H20N2O4. The van der Waals surface area contributed by atoms with Crippen molar-refractivity contribution in [3.8, 4) is 0 Å². The first-order chi connectivity index (χ1) is 10.5. The molecule has 0 bridgehead atoms. The molecule has 0 radical (unpaired) electrons. The number of aryl methyl sites for hydroxylation is 1. The second-order valence-corrected chi connectivity index (χ2v) is 5.30. The summed E-state index contributed by atoms with van der Waals surface area (Å²) in [6, 6.07) is 6.13. The largest absolute Gasteiger partial charge is 0.478 e. The van der Waals surface area contributed by atoms with Gasteiger partial charge in [-0.25, -0.2) is 4.79 Å². The quantitative estimate of drug-likeness (QED) is 0.851. The van der Waals surface area contributed by atoms with Crippen LogP contribution in [0.3, 0.4) is 0 Å². The van der Waals surface area contributed by atoms with Crippen molar-refractivity contribution in [2.24, 2.45) is 0 Å². The fourth-order valence-corrected chi connectivity index (χ4v) is 2.63. The van der Waals surface area contributed by atoms with Gasteiger partial charge in [-0.05, 0) is 30.5 Å². The number of hydrogen-bond acceptors (Lipinski definition) is 3.